The molecule has 22 heavy (non-hydrogen) atoms. The van der Waals surface area contributed by atoms with Crippen LogP contribution < -0.4 is 17.2 Å². The van der Waals surface area contributed by atoms with Gasteiger partial charge in [0.2, 0.25) is 5.91 Å². The standard InChI is InChI=1S/C18H23N3O/c1-2-3-5-10-13-14(18(21)22)11-15(19)17(20)16(13)12-8-6-4-7-9-12/h4,6-9,11H,2-3,5,10,19-20H2,1H3,(H2,21,22). The van der Waals surface area contributed by atoms with Crippen LogP contribution in [0.15, 0.2) is 36.4 Å². The third-order valence-corrected chi connectivity index (χ3v) is 3.87. The van der Waals surface area contributed by atoms with E-state index in [1.165, 1.54) is 0 Å². The number of nitrogen functional groups attached to an aromatic ring is 2. The summed E-state index contributed by atoms with van der Waals surface area (Å²) in [5.41, 5.74) is 21.8. The maximum absolute atomic E-state index is 11.8. The summed E-state index contributed by atoms with van der Waals surface area (Å²) in [6.07, 6.45) is 3.95. The predicted molar refractivity (Wildman–Crippen MR) is 92.4 cm³/mol. The Hall–Kier alpha value is -2.49. The largest absolute Gasteiger partial charge is 0.397 e. The van der Waals surface area contributed by atoms with Crippen LogP contribution >= 0.6 is 0 Å². The Bertz CT molecular complexity index is 666. The summed E-state index contributed by atoms with van der Waals surface area (Å²) in [5, 5.41) is 0. The van der Waals surface area contributed by atoms with Gasteiger partial charge in [-0.15, -0.1) is 0 Å². The normalized spacial score (nSPS) is 10.6. The van der Waals surface area contributed by atoms with Gasteiger partial charge < -0.3 is 17.2 Å². The van der Waals surface area contributed by atoms with Crippen LogP contribution in [0, 0.1) is 0 Å². The predicted octanol–water partition coefficient (Wildman–Crippen LogP) is 3.35. The molecule has 4 heteroatoms. The topological polar surface area (TPSA) is 95.1 Å². The first-order valence-corrected chi connectivity index (χ1v) is 7.62. The molecule has 0 spiro atoms. The van der Waals surface area contributed by atoms with E-state index in [2.05, 4.69) is 6.92 Å². The van der Waals surface area contributed by atoms with Crippen molar-refractivity contribution in [1.29, 1.82) is 0 Å². The van der Waals surface area contributed by atoms with E-state index in [1.807, 2.05) is 30.3 Å². The molecule has 0 bridgehead atoms. The highest BCUT2D eigenvalue weighted by molar-refractivity contribution is 6.01. The van der Waals surface area contributed by atoms with E-state index in [4.69, 9.17) is 17.2 Å². The zero-order valence-corrected chi connectivity index (χ0v) is 12.9. The summed E-state index contributed by atoms with van der Waals surface area (Å²) < 4.78 is 0. The van der Waals surface area contributed by atoms with Gasteiger partial charge in [0.1, 0.15) is 0 Å². The number of benzene rings is 2. The van der Waals surface area contributed by atoms with Gasteiger partial charge in [0, 0.05) is 11.1 Å². The molecule has 6 N–H and O–H groups in total. The Morgan fingerprint density at radius 2 is 1.77 bits per heavy atom. The highest BCUT2D eigenvalue weighted by atomic mass is 16.1. The highest BCUT2D eigenvalue weighted by Gasteiger charge is 2.19. The van der Waals surface area contributed by atoms with E-state index in [0.717, 1.165) is 42.4 Å². The van der Waals surface area contributed by atoms with Crippen LogP contribution in [0.1, 0.15) is 42.1 Å². The van der Waals surface area contributed by atoms with Crippen molar-refractivity contribution in [2.24, 2.45) is 5.73 Å². The van der Waals surface area contributed by atoms with Gasteiger partial charge in [0.05, 0.1) is 11.4 Å². The summed E-state index contributed by atoms with van der Waals surface area (Å²) >= 11 is 0. The molecular weight excluding hydrogens is 274 g/mol. The molecule has 1 amide bonds. The first-order chi connectivity index (χ1) is 10.6. The van der Waals surface area contributed by atoms with Crippen molar-refractivity contribution in [2.75, 3.05) is 11.5 Å². The highest BCUT2D eigenvalue weighted by Crippen LogP contribution is 2.37. The molecule has 0 fully saturated rings. The number of amides is 1. The van der Waals surface area contributed by atoms with Gasteiger partial charge in [0.25, 0.3) is 0 Å². The summed E-state index contributed by atoms with van der Waals surface area (Å²) in [7, 11) is 0. The van der Waals surface area contributed by atoms with Crippen LogP contribution in [0.4, 0.5) is 11.4 Å². The van der Waals surface area contributed by atoms with Crippen LogP contribution in [-0.2, 0) is 6.42 Å². The monoisotopic (exact) mass is 297 g/mol. The first kappa shape index (κ1) is 15.9. The van der Waals surface area contributed by atoms with Crippen molar-refractivity contribution in [1.82, 2.24) is 0 Å². The average molecular weight is 297 g/mol. The van der Waals surface area contributed by atoms with E-state index >= 15 is 0 Å². The molecule has 0 saturated carbocycles. The Morgan fingerprint density at radius 3 is 2.36 bits per heavy atom. The van der Waals surface area contributed by atoms with E-state index in [-0.39, 0.29) is 0 Å². The van der Waals surface area contributed by atoms with Gasteiger partial charge >= 0.3 is 0 Å². The van der Waals surface area contributed by atoms with Crippen LogP contribution in [0.3, 0.4) is 0 Å². The van der Waals surface area contributed by atoms with Crippen LogP contribution in [0.5, 0.6) is 0 Å². The third-order valence-electron chi connectivity index (χ3n) is 3.87. The molecule has 0 aliphatic rings. The van der Waals surface area contributed by atoms with Crippen molar-refractivity contribution < 1.29 is 4.79 Å². The molecule has 116 valence electrons. The van der Waals surface area contributed by atoms with Gasteiger partial charge in [-0.05, 0) is 30.0 Å². The quantitative estimate of drug-likeness (QED) is 0.563. The maximum Gasteiger partial charge on any atom is 0.249 e. The van der Waals surface area contributed by atoms with Crippen molar-refractivity contribution in [3.05, 3.63) is 47.5 Å². The minimum atomic E-state index is -0.463. The maximum atomic E-state index is 11.8. The lowest BCUT2D eigenvalue weighted by atomic mass is 9.89. The first-order valence-electron chi connectivity index (χ1n) is 7.62. The number of rotatable bonds is 6. The minimum absolute atomic E-state index is 0.395. The average Bonchev–Trinajstić information content (AvgIpc) is 2.51. The molecule has 2 aromatic carbocycles. The zero-order valence-electron chi connectivity index (χ0n) is 12.9. The second kappa shape index (κ2) is 6.98. The number of carbonyl (C=O) groups is 1. The molecule has 0 radical (unpaired) electrons. The summed E-state index contributed by atoms with van der Waals surface area (Å²) in [4.78, 5) is 11.8. The van der Waals surface area contributed by atoms with E-state index in [0.29, 0.717) is 16.9 Å². The van der Waals surface area contributed by atoms with Crippen molar-refractivity contribution in [3.63, 3.8) is 0 Å². The van der Waals surface area contributed by atoms with Gasteiger partial charge in [-0.25, -0.2) is 0 Å². The van der Waals surface area contributed by atoms with E-state index in [1.54, 1.807) is 6.07 Å². The number of nitrogens with two attached hydrogens (primary N) is 3. The lowest BCUT2D eigenvalue weighted by molar-refractivity contribution is 0.0999. The molecule has 0 aliphatic heterocycles. The number of primary amides is 1. The number of unbranched alkanes of at least 4 members (excludes halogenated alkanes) is 2. The molecular formula is C18H23N3O. The molecule has 0 atom stereocenters. The third kappa shape index (κ3) is 3.22. The SMILES string of the molecule is CCCCCc1c(C(N)=O)cc(N)c(N)c1-c1ccccc1. The smallest absolute Gasteiger partial charge is 0.249 e. The lowest BCUT2D eigenvalue weighted by Crippen LogP contribution is -2.16. The Balaban J connectivity index is 2.64. The fourth-order valence-electron chi connectivity index (χ4n) is 2.73. The fourth-order valence-corrected chi connectivity index (χ4v) is 2.73. The summed E-state index contributed by atoms with van der Waals surface area (Å²) in [5.74, 6) is -0.463. The zero-order chi connectivity index (χ0) is 16.1. The molecule has 0 aromatic heterocycles. The van der Waals surface area contributed by atoms with E-state index < -0.39 is 5.91 Å². The lowest BCUT2D eigenvalue weighted by Gasteiger charge is -2.18. The molecule has 0 aliphatic carbocycles. The molecule has 0 saturated heterocycles. The van der Waals surface area contributed by atoms with Gasteiger partial charge in [-0.2, -0.15) is 0 Å². The second-order valence-electron chi connectivity index (χ2n) is 5.47. The van der Waals surface area contributed by atoms with Gasteiger partial charge in [-0.3, -0.25) is 4.79 Å². The van der Waals surface area contributed by atoms with E-state index in [9.17, 15) is 4.79 Å². The Morgan fingerprint density at radius 1 is 1.09 bits per heavy atom. The number of hydrogen-bond acceptors (Lipinski definition) is 3. The molecule has 4 nitrogen and oxygen atoms in total. The van der Waals surface area contributed by atoms with Crippen LogP contribution in [0.25, 0.3) is 11.1 Å². The van der Waals surface area contributed by atoms with Crippen LogP contribution in [0.2, 0.25) is 0 Å². The fraction of sp³-hybridized carbons (Fsp3) is 0.278. The van der Waals surface area contributed by atoms with Gasteiger partial charge in [-0.1, -0.05) is 50.1 Å². The summed E-state index contributed by atoms with van der Waals surface area (Å²) in [6.45, 7) is 2.14. The van der Waals surface area contributed by atoms with Crippen molar-refractivity contribution >= 4 is 17.3 Å². The molecule has 2 aromatic rings. The Labute approximate surface area is 131 Å². The second-order valence-corrected chi connectivity index (χ2v) is 5.47. The van der Waals surface area contributed by atoms with Crippen molar-refractivity contribution in [2.45, 2.75) is 32.6 Å². The van der Waals surface area contributed by atoms with Crippen molar-refractivity contribution in [3.8, 4) is 11.1 Å². The number of carbonyl (C=O) groups excluding carboxylic acids is 1. The number of anilines is 2. The number of hydrogen-bond donors (Lipinski definition) is 3. The van der Waals surface area contributed by atoms with Gasteiger partial charge in [0.15, 0.2) is 0 Å². The molecule has 0 heterocycles. The minimum Gasteiger partial charge on any atom is -0.397 e. The summed E-state index contributed by atoms with van der Waals surface area (Å²) in [6, 6.07) is 11.4. The molecule has 2 rings (SSSR count). The Kier molecular flexibility index (Phi) is 5.04. The van der Waals surface area contributed by atoms with Crippen LogP contribution in [-0.4, -0.2) is 5.91 Å². The molecule has 0 unspecified atom stereocenters.